The van der Waals surface area contributed by atoms with Crippen LogP contribution in [0.4, 0.5) is 0 Å². The van der Waals surface area contributed by atoms with Gasteiger partial charge in [0.2, 0.25) is 0 Å². The van der Waals surface area contributed by atoms with E-state index >= 15 is 0 Å². The molecule has 0 spiro atoms. The zero-order valence-electron chi connectivity index (χ0n) is 12.4. The molecule has 0 atom stereocenters. The quantitative estimate of drug-likeness (QED) is 0.768. The van der Waals surface area contributed by atoms with Gasteiger partial charge in [-0.25, -0.2) is 4.68 Å². The van der Waals surface area contributed by atoms with Gasteiger partial charge in [-0.05, 0) is 45.1 Å². The van der Waals surface area contributed by atoms with Gasteiger partial charge < -0.3 is 0 Å². The van der Waals surface area contributed by atoms with Gasteiger partial charge in [0.25, 0.3) is 0 Å². The van der Waals surface area contributed by atoms with Crippen LogP contribution in [-0.2, 0) is 0 Å². The van der Waals surface area contributed by atoms with E-state index in [-0.39, 0.29) is 0 Å². The Labute approximate surface area is 130 Å². The van der Waals surface area contributed by atoms with Crippen LogP contribution in [0.2, 0.25) is 0 Å². The Balaban J connectivity index is 2.38. The SMILES string of the molecule is CCCSC(=S)c1c(C)nn(-c2ccc(C)cc2)c1C. The summed E-state index contributed by atoms with van der Waals surface area (Å²) in [5, 5.41) is 4.66. The number of rotatable bonds is 4. The van der Waals surface area contributed by atoms with Crippen LogP contribution in [0.15, 0.2) is 24.3 Å². The average Bonchev–Trinajstić information content (AvgIpc) is 2.72. The van der Waals surface area contributed by atoms with Crippen molar-refractivity contribution in [1.29, 1.82) is 0 Å². The van der Waals surface area contributed by atoms with Crippen molar-refractivity contribution >= 4 is 28.2 Å². The summed E-state index contributed by atoms with van der Waals surface area (Å²) >= 11 is 7.30. The lowest BCUT2D eigenvalue weighted by atomic mass is 10.2. The summed E-state index contributed by atoms with van der Waals surface area (Å²) in [6.07, 6.45) is 1.13. The average molecular weight is 304 g/mol. The first-order valence-electron chi connectivity index (χ1n) is 6.85. The third-order valence-electron chi connectivity index (χ3n) is 3.21. The van der Waals surface area contributed by atoms with Crippen LogP contribution in [0.25, 0.3) is 5.69 Å². The molecule has 0 N–H and O–H groups in total. The number of aromatic nitrogens is 2. The van der Waals surface area contributed by atoms with Gasteiger partial charge in [0.1, 0.15) is 0 Å². The highest BCUT2D eigenvalue weighted by molar-refractivity contribution is 8.23. The van der Waals surface area contributed by atoms with Crippen LogP contribution in [0.1, 0.15) is 35.9 Å². The van der Waals surface area contributed by atoms with Crippen LogP contribution in [0.5, 0.6) is 0 Å². The number of aryl methyl sites for hydroxylation is 2. The molecule has 1 aromatic carbocycles. The molecule has 2 nitrogen and oxygen atoms in total. The van der Waals surface area contributed by atoms with E-state index in [1.165, 1.54) is 5.56 Å². The summed E-state index contributed by atoms with van der Waals surface area (Å²) in [5.41, 5.74) is 5.60. The molecule has 0 aliphatic rings. The molecular formula is C16H20N2S2. The zero-order valence-corrected chi connectivity index (χ0v) is 14.1. The van der Waals surface area contributed by atoms with Crippen LogP contribution >= 0.6 is 24.0 Å². The van der Waals surface area contributed by atoms with Crippen molar-refractivity contribution < 1.29 is 0 Å². The first-order chi connectivity index (χ1) is 9.54. The minimum Gasteiger partial charge on any atom is -0.237 e. The van der Waals surface area contributed by atoms with E-state index < -0.39 is 0 Å². The fourth-order valence-electron chi connectivity index (χ4n) is 2.14. The minimum atomic E-state index is 0.959. The van der Waals surface area contributed by atoms with Gasteiger partial charge in [-0.2, -0.15) is 5.10 Å². The fraction of sp³-hybridized carbons (Fsp3) is 0.375. The molecule has 0 saturated heterocycles. The smallest absolute Gasteiger partial charge is 0.0815 e. The fourth-order valence-corrected chi connectivity index (χ4v) is 3.52. The predicted molar refractivity (Wildman–Crippen MR) is 92.2 cm³/mol. The van der Waals surface area contributed by atoms with Crippen molar-refractivity contribution in [2.24, 2.45) is 0 Å². The maximum absolute atomic E-state index is 5.55. The molecule has 0 radical (unpaired) electrons. The number of benzene rings is 1. The van der Waals surface area contributed by atoms with Gasteiger partial charge in [0.15, 0.2) is 0 Å². The highest BCUT2D eigenvalue weighted by Gasteiger charge is 2.16. The van der Waals surface area contributed by atoms with Crippen LogP contribution < -0.4 is 0 Å². The maximum atomic E-state index is 5.55. The first-order valence-corrected chi connectivity index (χ1v) is 8.24. The molecule has 0 unspecified atom stereocenters. The lowest BCUT2D eigenvalue weighted by Crippen LogP contribution is -2.01. The summed E-state index contributed by atoms with van der Waals surface area (Å²) < 4.78 is 2.95. The number of hydrogen-bond acceptors (Lipinski definition) is 3. The van der Waals surface area contributed by atoms with Gasteiger partial charge in [-0.15, -0.1) is 11.8 Å². The van der Waals surface area contributed by atoms with E-state index in [0.29, 0.717) is 0 Å². The summed E-state index contributed by atoms with van der Waals surface area (Å²) in [7, 11) is 0. The van der Waals surface area contributed by atoms with Crippen molar-refractivity contribution in [3.05, 3.63) is 46.8 Å². The van der Waals surface area contributed by atoms with Crippen molar-refractivity contribution in [3.63, 3.8) is 0 Å². The predicted octanol–water partition coefficient (Wildman–Crippen LogP) is 4.62. The second-order valence-corrected chi connectivity index (χ2v) is 6.70. The van der Waals surface area contributed by atoms with E-state index in [1.54, 1.807) is 11.8 Å². The lowest BCUT2D eigenvalue weighted by molar-refractivity contribution is 0.833. The Bertz CT molecular complexity index is 612. The second-order valence-electron chi connectivity index (χ2n) is 4.93. The molecule has 20 heavy (non-hydrogen) atoms. The summed E-state index contributed by atoms with van der Waals surface area (Å²) in [6, 6.07) is 8.41. The standard InChI is InChI=1S/C16H20N2S2/c1-5-10-20-16(19)15-12(3)17-18(13(15)4)14-8-6-11(2)7-9-14/h6-9H,5,10H2,1-4H3. The van der Waals surface area contributed by atoms with E-state index in [9.17, 15) is 0 Å². The molecule has 2 rings (SSSR count). The zero-order chi connectivity index (χ0) is 14.7. The number of thiocarbonyl (C=S) groups is 1. The highest BCUT2D eigenvalue weighted by Crippen LogP contribution is 2.24. The van der Waals surface area contributed by atoms with Crippen LogP contribution in [0, 0.1) is 20.8 Å². The maximum Gasteiger partial charge on any atom is 0.0815 e. The monoisotopic (exact) mass is 304 g/mol. The molecule has 0 saturated carbocycles. The Morgan fingerprint density at radius 3 is 2.45 bits per heavy atom. The molecule has 1 heterocycles. The minimum absolute atomic E-state index is 0.959. The molecular weight excluding hydrogens is 284 g/mol. The summed E-state index contributed by atoms with van der Waals surface area (Å²) in [6.45, 7) is 8.39. The molecule has 0 aliphatic heterocycles. The molecule has 0 fully saturated rings. The normalized spacial score (nSPS) is 10.8. The third-order valence-corrected chi connectivity index (χ3v) is 4.85. The molecule has 4 heteroatoms. The Morgan fingerprint density at radius 2 is 1.85 bits per heavy atom. The Morgan fingerprint density at radius 1 is 1.20 bits per heavy atom. The molecule has 2 aromatic rings. The lowest BCUT2D eigenvalue weighted by Gasteiger charge is -2.06. The van der Waals surface area contributed by atoms with Crippen molar-refractivity contribution in [3.8, 4) is 5.69 Å². The second kappa shape index (κ2) is 6.55. The molecule has 0 amide bonds. The molecule has 1 aromatic heterocycles. The van der Waals surface area contributed by atoms with E-state index in [2.05, 4.69) is 50.1 Å². The largest absolute Gasteiger partial charge is 0.237 e. The van der Waals surface area contributed by atoms with Gasteiger partial charge in [0.05, 0.1) is 21.3 Å². The Kier molecular flexibility index (Phi) is 5.00. The molecule has 0 aliphatic carbocycles. The summed E-state index contributed by atoms with van der Waals surface area (Å²) in [5.74, 6) is 1.06. The van der Waals surface area contributed by atoms with E-state index in [0.717, 1.165) is 39.0 Å². The van der Waals surface area contributed by atoms with Crippen molar-refractivity contribution in [2.75, 3.05) is 5.75 Å². The number of nitrogens with zero attached hydrogens (tertiary/aromatic N) is 2. The van der Waals surface area contributed by atoms with Gasteiger partial charge >= 0.3 is 0 Å². The van der Waals surface area contributed by atoms with E-state index in [4.69, 9.17) is 12.2 Å². The van der Waals surface area contributed by atoms with Crippen LogP contribution in [-0.4, -0.2) is 19.7 Å². The third kappa shape index (κ3) is 3.13. The van der Waals surface area contributed by atoms with E-state index in [1.807, 2.05) is 11.6 Å². The number of hydrogen-bond donors (Lipinski definition) is 0. The van der Waals surface area contributed by atoms with Gasteiger partial charge in [-0.1, -0.05) is 36.8 Å². The van der Waals surface area contributed by atoms with Crippen molar-refractivity contribution in [1.82, 2.24) is 9.78 Å². The molecule has 106 valence electrons. The first kappa shape index (κ1) is 15.3. The highest BCUT2D eigenvalue weighted by atomic mass is 32.2. The summed E-state index contributed by atoms with van der Waals surface area (Å²) in [4.78, 5) is 0. The topological polar surface area (TPSA) is 17.8 Å². The van der Waals surface area contributed by atoms with Gasteiger partial charge in [-0.3, -0.25) is 0 Å². The molecule has 0 bridgehead atoms. The number of thioether (sulfide) groups is 1. The van der Waals surface area contributed by atoms with Crippen molar-refractivity contribution in [2.45, 2.75) is 34.1 Å². The van der Waals surface area contributed by atoms with Crippen LogP contribution in [0.3, 0.4) is 0 Å². The van der Waals surface area contributed by atoms with Gasteiger partial charge in [0, 0.05) is 5.56 Å². The Hall–Kier alpha value is -1.13.